The minimum Gasteiger partial charge on any atom is -0.389 e. The number of pyridine rings is 1. The topological polar surface area (TPSA) is 58.1 Å². The number of aliphatic hydroxyl groups is 1. The van der Waals surface area contributed by atoms with Gasteiger partial charge in [-0.2, -0.15) is 0 Å². The number of anilines is 1. The first-order valence-electron chi connectivity index (χ1n) is 9.46. The molecule has 4 heterocycles. The van der Waals surface area contributed by atoms with Gasteiger partial charge < -0.3 is 19.5 Å². The van der Waals surface area contributed by atoms with Crippen LogP contribution in [0.3, 0.4) is 0 Å². The van der Waals surface area contributed by atoms with Gasteiger partial charge in [-0.25, -0.2) is 4.98 Å². The lowest BCUT2D eigenvalue weighted by Gasteiger charge is -2.36. The van der Waals surface area contributed by atoms with Crippen LogP contribution in [-0.2, 0) is 9.47 Å². The Morgan fingerprint density at radius 1 is 1.23 bits per heavy atom. The largest absolute Gasteiger partial charge is 0.389 e. The fourth-order valence-electron chi connectivity index (χ4n) is 3.71. The Morgan fingerprint density at radius 2 is 2.04 bits per heavy atom. The van der Waals surface area contributed by atoms with Crippen molar-refractivity contribution in [3.05, 3.63) is 23.7 Å². The third-order valence-corrected chi connectivity index (χ3v) is 6.07. The molecule has 4 rings (SSSR count). The van der Waals surface area contributed by atoms with Crippen LogP contribution in [0.5, 0.6) is 0 Å². The fraction of sp³-hybridized carbons (Fsp3) is 0.632. The van der Waals surface area contributed by atoms with Crippen molar-refractivity contribution in [3.8, 4) is 0 Å². The minimum atomic E-state index is -0.428. The lowest BCUT2D eigenvalue weighted by atomic mass is 10.1. The van der Waals surface area contributed by atoms with Crippen LogP contribution in [0.25, 0.3) is 10.1 Å². The molecule has 2 aromatic rings. The lowest BCUT2D eigenvalue weighted by molar-refractivity contribution is -0.0642. The molecule has 0 spiro atoms. The van der Waals surface area contributed by atoms with Crippen molar-refractivity contribution in [2.45, 2.75) is 25.0 Å². The van der Waals surface area contributed by atoms with Crippen molar-refractivity contribution in [1.82, 2.24) is 9.88 Å². The van der Waals surface area contributed by atoms with Crippen LogP contribution in [0.15, 0.2) is 23.7 Å². The first kappa shape index (κ1) is 18.1. The Labute approximate surface area is 158 Å². The average molecular weight is 378 g/mol. The molecule has 0 amide bonds. The summed E-state index contributed by atoms with van der Waals surface area (Å²) in [6.07, 6.45) is 3.59. The van der Waals surface area contributed by atoms with E-state index in [2.05, 4.69) is 32.3 Å². The summed E-state index contributed by atoms with van der Waals surface area (Å²) in [5.74, 6) is 1.09. The molecule has 0 bridgehead atoms. The standard InChI is InChI=1S/C19H27N3O3S/c23-15(14-25-16-2-10-24-11-3-16)13-21-6-8-22(9-7-21)19-17-4-12-26-18(17)1-5-20-19/h1,4-5,12,15-16,23H,2-3,6-11,13-14H2/t15-/m0/s1. The number of aromatic nitrogens is 1. The fourth-order valence-corrected chi connectivity index (χ4v) is 4.49. The molecule has 26 heavy (non-hydrogen) atoms. The Bertz CT molecular complexity index is 696. The van der Waals surface area contributed by atoms with Crippen LogP contribution in [0.4, 0.5) is 5.82 Å². The summed E-state index contributed by atoms with van der Waals surface area (Å²) in [6, 6.07) is 4.24. The highest BCUT2D eigenvalue weighted by Gasteiger charge is 2.22. The number of ether oxygens (including phenoxy) is 2. The third kappa shape index (κ3) is 4.35. The van der Waals surface area contributed by atoms with Gasteiger partial charge in [0.25, 0.3) is 0 Å². The van der Waals surface area contributed by atoms with Crippen molar-refractivity contribution in [2.24, 2.45) is 0 Å². The quantitative estimate of drug-likeness (QED) is 0.831. The molecule has 0 aliphatic carbocycles. The van der Waals surface area contributed by atoms with Crippen LogP contribution < -0.4 is 4.90 Å². The molecule has 2 aliphatic heterocycles. The van der Waals surface area contributed by atoms with E-state index in [0.717, 1.165) is 58.1 Å². The van der Waals surface area contributed by atoms with E-state index in [1.165, 1.54) is 10.1 Å². The van der Waals surface area contributed by atoms with Gasteiger partial charge in [0.15, 0.2) is 0 Å². The molecule has 142 valence electrons. The van der Waals surface area contributed by atoms with Gasteiger partial charge >= 0.3 is 0 Å². The summed E-state index contributed by atoms with van der Waals surface area (Å²) in [4.78, 5) is 9.28. The van der Waals surface area contributed by atoms with E-state index in [4.69, 9.17) is 9.47 Å². The molecule has 2 fully saturated rings. The van der Waals surface area contributed by atoms with Crippen LogP contribution in [0, 0.1) is 0 Å². The van der Waals surface area contributed by atoms with Gasteiger partial charge in [0.05, 0.1) is 18.8 Å². The number of β-amino-alcohol motifs (C(OH)–C–C–N with tert-alkyl or cyclic N) is 1. The number of nitrogens with zero attached hydrogens (tertiary/aromatic N) is 3. The highest BCUT2D eigenvalue weighted by molar-refractivity contribution is 7.17. The summed E-state index contributed by atoms with van der Waals surface area (Å²) in [7, 11) is 0. The number of fused-ring (bicyclic) bond motifs is 1. The molecule has 6 nitrogen and oxygen atoms in total. The highest BCUT2D eigenvalue weighted by atomic mass is 32.1. The van der Waals surface area contributed by atoms with Crippen molar-refractivity contribution in [1.29, 1.82) is 0 Å². The zero-order valence-corrected chi connectivity index (χ0v) is 15.9. The Kier molecular flexibility index (Phi) is 6.01. The molecular formula is C19H27N3O3S. The number of hydrogen-bond donors (Lipinski definition) is 1. The summed E-state index contributed by atoms with van der Waals surface area (Å²) < 4.78 is 12.5. The number of aliphatic hydroxyl groups excluding tert-OH is 1. The minimum absolute atomic E-state index is 0.243. The van der Waals surface area contributed by atoms with Crippen LogP contribution in [0.1, 0.15) is 12.8 Å². The van der Waals surface area contributed by atoms with Crippen molar-refractivity contribution in [3.63, 3.8) is 0 Å². The second-order valence-electron chi connectivity index (χ2n) is 7.05. The van der Waals surface area contributed by atoms with Gasteiger partial charge in [-0.1, -0.05) is 0 Å². The van der Waals surface area contributed by atoms with E-state index >= 15 is 0 Å². The van der Waals surface area contributed by atoms with E-state index in [-0.39, 0.29) is 6.10 Å². The molecule has 0 saturated carbocycles. The number of thiophene rings is 1. The van der Waals surface area contributed by atoms with E-state index in [9.17, 15) is 5.11 Å². The second kappa shape index (κ2) is 8.63. The predicted octanol–water partition coefficient (Wildman–Crippen LogP) is 1.97. The zero-order valence-electron chi connectivity index (χ0n) is 15.0. The average Bonchev–Trinajstić information content (AvgIpc) is 3.17. The van der Waals surface area contributed by atoms with Gasteiger partial charge in [0.1, 0.15) is 5.82 Å². The Balaban J connectivity index is 1.24. The van der Waals surface area contributed by atoms with Gasteiger partial charge in [0, 0.05) is 62.2 Å². The smallest absolute Gasteiger partial charge is 0.137 e. The number of piperazine rings is 1. The molecule has 0 aromatic carbocycles. The van der Waals surface area contributed by atoms with Crippen molar-refractivity contribution >= 4 is 27.2 Å². The molecule has 7 heteroatoms. The van der Waals surface area contributed by atoms with Gasteiger partial charge in [-0.15, -0.1) is 11.3 Å². The molecule has 0 unspecified atom stereocenters. The Hall–Kier alpha value is -1.25. The maximum absolute atomic E-state index is 10.3. The van der Waals surface area contributed by atoms with Gasteiger partial charge in [-0.3, -0.25) is 4.90 Å². The summed E-state index contributed by atoms with van der Waals surface area (Å²) >= 11 is 1.76. The molecule has 1 atom stereocenters. The van der Waals surface area contributed by atoms with E-state index < -0.39 is 6.10 Å². The summed E-state index contributed by atoms with van der Waals surface area (Å²) in [5, 5.41) is 13.7. The van der Waals surface area contributed by atoms with Crippen LogP contribution in [-0.4, -0.2) is 79.7 Å². The van der Waals surface area contributed by atoms with E-state index in [0.29, 0.717) is 13.2 Å². The maximum Gasteiger partial charge on any atom is 0.137 e. The van der Waals surface area contributed by atoms with E-state index in [1.54, 1.807) is 11.3 Å². The van der Waals surface area contributed by atoms with Crippen LogP contribution >= 0.6 is 11.3 Å². The molecule has 2 saturated heterocycles. The first-order chi connectivity index (χ1) is 12.8. The van der Waals surface area contributed by atoms with Gasteiger partial charge in [0.2, 0.25) is 0 Å². The summed E-state index contributed by atoms with van der Waals surface area (Å²) in [5.41, 5.74) is 0. The molecule has 2 aliphatic rings. The molecule has 2 aromatic heterocycles. The summed E-state index contributed by atoms with van der Waals surface area (Å²) in [6.45, 7) is 6.40. The van der Waals surface area contributed by atoms with E-state index in [1.807, 2.05) is 6.20 Å². The molecule has 0 radical (unpaired) electrons. The SMILES string of the molecule is O[C@H](COC1CCOCC1)CN1CCN(c2nccc3sccc23)CC1. The first-order valence-corrected chi connectivity index (χ1v) is 10.3. The lowest BCUT2D eigenvalue weighted by Crippen LogP contribution is -2.49. The predicted molar refractivity (Wildman–Crippen MR) is 104 cm³/mol. The number of hydrogen-bond acceptors (Lipinski definition) is 7. The molecular weight excluding hydrogens is 350 g/mol. The highest BCUT2D eigenvalue weighted by Crippen LogP contribution is 2.29. The monoisotopic (exact) mass is 377 g/mol. The second-order valence-corrected chi connectivity index (χ2v) is 8.00. The molecule has 1 N–H and O–H groups in total. The number of rotatable bonds is 6. The van der Waals surface area contributed by atoms with Gasteiger partial charge in [-0.05, 0) is 30.4 Å². The zero-order chi connectivity index (χ0) is 17.8. The maximum atomic E-state index is 10.3. The Morgan fingerprint density at radius 3 is 2.85 bits per heavy atom. The van der Waals surface area contributed by atoms with Crippen molar-refractivity contribution < 1.29 is 14.6 Å². The normalized spacial score (nSPS) is 21.3. The third-order valence-electron chi connectivity index (χ3n) is 5.19. The van der Waals surface area contributed by atoms with Crippen molar-refractivity contribution in [2.75, 3.05) is 57.4 Å². The van der Waals surface area contributed by atoms with Crippen LogP contribution in [0.2, 0.25) is 0 Å².